The van der Waals surface area contributed by atoms with Gasteiger partial charge in [0.1, 0.15) is 0 Å². The first-order valence-corrected chi connectivity index (χ1v) is 7.04. The van der Waals surface area contributed by atoms with Gasteiger partial charge in [-0.15, -0.1) is 0 Å². The Morgan fingerprint density at radius 1 is 1.69 bits per heavy atom. The third-order valence-electron chi connectivity index (χ3n) is 2.85. The third kappa shape index (κ3) is 4.18. The summed E-state index contributed by atoms with van der Waals surface area (Å²) in [6.07, 6.45) is 5.52. The first-order chi connectivity index (χ1) is 7.65. The fourth-order valence-electron chi connectivity index (χ4n) is 1.63. The van der Waals surface area contributed by atoms with Crippen LogP contribution in [0.2, 0.25) is 0 Å². The molecule has 0 spiro atoms. The highest BCUT2D eigenvalue weighted by Gasteiger charge is 2.15. The molecule has 0 bridgehead atoms. The molecular formula is C12H22N2OS. The zero-order chi connectivity index (χ0) is 12.0. The Labute approximate surface area is 102 Å². The number of amides is 1. The average Bonchev–Trinajstić information content (AvgIpc) is 2.81. The molecule has 1 atom stereocenters. The highest BCUT2D eigenvalue weighted by molar-refractivity contribution is 7.99. The average molecular weight is 242 g/mol. The van der Waals surface area contributed by atoms with Crippen molar-refractivity contribution in [2.45, 2.75) is 26.2 Å². The largest absolute Gasteiger partial charge is 0.330 e. The molecule has 0 aliphatic heterocycles. The van der Waals surface area contributed by atoms with Gasteiger partial charge < -0.3 is 10.6 Å². The maximum Gasteiger partial charge on any atom is 0.236 e. The summed E-state index contributed by atoms with van der Waals surface area (Å²) in [5.74, 6) is 2.24. The lowest BCUT2D eigenvalue weighted by molar-refractivity contribution is -0.125. The van der Waals surface area contributed by atoms with Gasteiger partial charge in [0, 0.05) is 12.7 Å². The van der Waals surface area contributed by atoms with E-state index in [0.717, 1.165) is 18.6 Å². The maximum atomic E-state index is 11.8. The van der Waals surface area contributed by atoms with E-state index in [1.165, 1.54) is 12.1 Å². The minimum atomic E-state index is 0.211. The Hall–Kier alpha value is -0.480. The normalized spacial score (nSPS) is 17.1. The van der Waals surface area contributed by atoms with Gasteiger partial charge >= 0.3 is 0 Å². The summed E-state index contributed by atoms with van der Waals surface area (Å²) in [6, 6.07) is 0. The molecule has 0 heterocycles. The molecule has 3 nitrogen and oxygen atoms in total. The van der Waals surface area contributed by atoms with E-state index in [1.807, 2.05) is 11.9 Å². The predicted molar refractivity (Wildman–Crippen MR) is 70.2 cm³/mol. The SMILES string of the molecule is CC(CN)CSCC(=O)N(C)C1=CCCC1. The van der Waals surface area contributed by atoms with Gasteiger partial charge in [-0.1, -0.05) is 13.0 Å². The summed E-state index contributed by atoms with van der Waals surface area (Å²) in [6.45, 7) is 2.81. The molecular weight excluding hydrogens is 220 g/mol. The summed E-state index contributed by atoms with van der Waals surface area (Å²) in [5.41, 5.74) is 6.72. The number of nitrogens with zero attached hydrogens (tertiary/aromatic N) is 1. The molecule has 0 aromatic rings. The highest BCUT2D eigenvalue weighted by Crippen LogP contribution is 2.21. The number of carbonyl (C=O) groups is 1. The molecule has 2 N–H and O–H groups in total. The van der Waals surface area contributed by atoms with Gasteiger partial charge in [-0.05, 0) is 37.5 Å². The van der Waals surface area contributed by atoms with E-state index in [2.05, 4.69) is 13.0 Å². The Morgan fingerprint density at radius 3 is 3.00 bits per heavy atom. The number of carbonyl (C=O) groups excluding carboxylic acids is 1. The van der Waals surface area contributed by atoms with Gasteiger partial charge in [-0.3, -0.25) is 4.79 Å². The first kappa shape index (κ1) is 13.6. The van der Waals surface area contributed by atoms with E-state index in [0.29, 0.717) is 18.2 Å². The lowest BCUT2D eigenvalue weighted by Gasteiger charge is -2.18. The standard InChI is InChI=1S/C12H22N2OS/c1-10(7-13)8-16-9-12(15)14(2)11-5-3-4-6-11/h5,10H,3-4,6-9,13H2,1-2H3. The summed E-state index contributed by atoms with van der Waals surface area (Å²) in [5, 5.41) is 0. The Balaban J connectivity index is 2.24. The van der Waals surface area contributed by atoms with Gasteiger partial charge in [0.25, 0.3) is 0 Å². The maximum absolute atomic E-state index is 11.8. The van der Waals surface area contributed by atoms with Crippen LogP contribution in [0.1, 0.15) is 26.2 Å². The molecule has 1 aliphatic rings. The highest BCUT2D eigenvalue weighted by atomic mass is 32.2. The van der Waals surface area contributed by atoms with Crippen LogP contribution in [0.4, 0.5) is 0 Å². The molecule has 0 saturated carbocycles. The molecule has 0 fully saturated rings. The number of thioether (sulfide) groups is 1. The second-order valence-electron chi connectivity index (χ2n) is 4.40. The quantitative estimate of drug-likeness (QED) is 0.773. The number of nitrogens with two attached hydrogens (primary N) is 1. The second kappa shape index (κ2) is 6.97. The number of rotatable bonds is 6. The van der Waals surface area contributed by atoms with Crippen molar-refractivity contribution < 1.29 is 4.79 Å². The van der Waals surface area contributed by atoms with Crippen LogP contribution in [0.3, 0.4) is 0 Å². The lowest BCUT2D eigenvalue weighted by atomic mass is 10.2. The molecule has 16 heavy (non-hydrogen) atoms. The Bertz CT molecular complexity index is 266. The van der Waals surface area contributed by atoms with E-state index >= 15 is 0 Å². The van der Waals surface area contributed by atoms with Crippen LogP contribution < -0.4 is 5.73 Å². The fourth-order valence-corrected chi connectivity index (χ4v) is 2.66. The summed E-state index contributed by atoms with van der Waals surface area (Å²) in [7, 11) is 1.88. The minimum absolute atomic E-state index is 0.211. The van der Waals surface area contributed by atoms with Gasteiger partial charge in [-0.25, -0.2) is 0 Å². The van der Waals surface area contributed by atoms with Crippen molar-refractivity contribution >= 4 is 17.7 Å². The minimum Gasteiger partial charge on any atom is -0.330 e. The van der Waals surface area contributed by atoms with Gasteiger partial charge in [0.15, 0.2) is 0 Å². The molecule has 92 valence electrons. The van der Waals surface area contributed by atoms with Crippen LogP contribution in [0, 0.1) is 5.92 Å². The van der Waals surface area contributed by atoms with Crippen molar-refractivity contribution in [1.82, 2.24) is 4.90 Å². The fraction of sp³-hybridized carbons (Fsp3) is 0.750. The van der Waals surface area contributed by atoms with E-state index < -0.39 is 0 Å². The van der Waals surface area contributed by atoms with Crippen molar-refractivity contribution in [2.24, 2.45) is 11.7 Å². The molecule has 1 rings (SSSR count). The van der Waals surface area contributed by atoms with Crippen molar-refractivity contribution in [3.05, 3.63) is 11.8 Å². The van der Waals surface area contributed by atoms with Crippen LogP contribution in [0.5, 0.6) is 0 Å². The second-order valence-corrected chi connectivity index (χ2v) is 5.43. The smallest absolute Gasteiger partial charge is 0.236 e. The summed E-state index contributed by atoms with van der Waals surface area (Å²) < 4.78 is 0. The molecule has 0 aromatic carbocycles. The van der Waals surface area contributed by atoms with Crippen molar-refractivity contribution in [3.8, 4) is 0 Å². The third-order valence-corrected chi connectivity index (χ3v) is 4.11. The van der Waals surface area contributed by atoms with Crippen LogP contribution in [-0.2, 0) is 4.79 Å². The van der Waals surface area contributed by atoms with Gasteiger partial charge in [0.2, 0.25) is 5.91 Å². The molecule has 0 aromatic heterocycles. The first-order valence-electron chi connectivity index (χ1n) is 5.88. The summed E-state index contributed by atoms with van der Waals surface area (Å²) >= 11 is 1.68. The van der Waals surface area contributed by atoms with Crippen LogP contribution in [0.15, 0.2) is 11.8 Å². The molecule has 1 unspecified atom stereocenters. The van der Waals surface area contributed by atoms with Gasteiger partial charge in [0.05, 0.1) is 5.75 Å². The molecule has 1 aliphatic carbocycles. The predicted octanol–water partition coefficient (Wildman–Crippen LogP) is 1.84. The zero-order valence-electron chi connectivity index (χ0n) is 10.2. The molecule has 0 radical (unpaired) electrons. The number of hydrogen-bond acceptors (Lipinski definition) is 3. The lowest BCUT2D eigenvalue weighted by Crippen LogP contribution is -2.27. The Kier molecular flexibility index (Phi) is 5.91. The number of allylic oxidation sites excluding steroid dienone is 2. The van der Waals surface area contributed by atoms with Gasteiger partial charge in [-0.2, -0.15) is 11.8 Å². The van der Waals surface area contributed by atoms with Crippen LogP contribution in [-0.4, -0.2) is 35.9 Å². The van der Waals surface area contributed by atoms with E-state index in [1.54, 1.807) is 11.8 Å². The van der Waals surface area contributed by atoms with E-state index in [4.69, 9.17) is 5.73 Å². The van der Waals surface area contributed by atoms with Crippen molar-refractivity contribution in [2.75, 3.05) is 25.1 Å². The van der Waals surface area contributed by atoms with E-state index in [9.17, 15) is 4.79 Å². The van der Waals surface area contributed by atoms with Crippen LogP contribution >= 0.6 is 11.8 Å². The number of hydrogen-bond donors (Lipinski definition) is 1. The van der Waals surface area contributed by atoms with Crippen molar-refractivity contribution in [1.29, 1.82) is 0 Å². The summed E-state index contributed by atoms with van der Waals surface area (Å²) in [4.78, 5) is 13.6. The topological polar surface area (TPSA) is 46.3 Å². The van der Waals surface area contributed by atoms with Crippen LogP contribution in [0.25, 0.3) is 0 Å². The molecule has 0 saturated heterocycles. The van der Waals surface area contributed by atoms with E-state index in [-0.39, 0.29) is 5.91 Å². The van der Waals surface area contributed by atoms with Crippen molar-refractivity contribution in [3.63, 3.8) is 0 Å². The molecule has 4 heteroatoms. The Morgan fingerprint density at radius 2 is 2.44 bits per heavy atom. The zero-order valence-corrected chi connectivity index (χ0v) is 11.1. The molecule has 1 amide bonds. The monoisotopic (exact) mass is 242 g/mol.